The van der Waals surface area contributed by atoms with Gasteiger partial charge in [0, 0.05) is 32.4 Å². The van der Waals surface area contributed by atoms with Crippen molar-refractivity contribution < 1.29 is 9.59 Å². The molecule has 1 atom stereocenters. The molecule has 2 aromatic carbocycles. The van der Waals surface area contributed by atoms with Crippen molar-refractivity contribution in [3.8, 4) is 0 Å². The first kappa shape index (κ1) is 22.1. The summed E-state index contributed by atoms with van der Waals surface area (Å²) in [5, 5.41) is 5.91. The molecule has 8 nitrogen and oxygen atoms in total. The molecule has 168 valence electrons. The predicted octanol–water partition coefficient (Wildman–Crippen LogP) is 2.97. The van der Waals surface area contributed by atoms with Crippen LogP contribution in [0.2, 0.25) is 0 Å². The third-order valence-electron chi connectivity index (χ3n) is 5.41. The Balaban J connectivity index is 1.40. The number of aryl methyl sites for hydroxylation is 1. The number of rotatable bonds is 9. The van der Waals surface area contributed by atoms with Gasteiger partial charge in [0.1, 0.15) is 11.5 Å². The van der Waals surface area contributed by atoms with Gasteiger partial charge in [0.25, 0.3) is 5.91 Å². The number of nitrogens with one attached hydrogen (secondary N) is 2. The highest BCUT2D eigenvalue weighted by atomic mass is 16.2. The van der Waals surface area contributed by atoms with Gasteiger partial charge in [0.05, 0.1) is 23.3 Å². The van der Waals surface area contributed by atoms with Gasteiger partial charge in [-0.1, -0.05) is 42.5 Å². The van der Waals surface area contributed by atoms with Crippen LogP contribution in [0.5, 0.6) is 0 Å². The highest BCUT2D eigenvalue weighted by Crippen LogP contribution is 2.22. The summed E-state index contributed by atoms with van der Waals surface area (Å²) in [6, 6.07) is 17.7. The number of imidazole rings is 1. The zero-order chi connectivity index (χ0) is 23.0. The maximum Gasteiger partial charge on any atom is 0.271 e. The average molecular weight is 443 g/mol. The summed E-state index contributed by atoms with van der Waals surface area (Å²) in [5.74, 6) is 0.422. The van der Waals surface area contributed by atoms with Crippen LogP contribution < -0.4 is 10.6 Å². The van der Waals surface area contributed by atoms with Gasteiger partial charge in [0.2, 0.25) is 5.91 Å². The van der Waals surface area contributed by atoms with Gasteiger partial charge in [-0.15, -0.1) is 0 Å². The molecule has 0 saturated carbocycles. The fraction of sp³-hybridized carbons (Fsp3) is 0.240. The van der Waals surface area contributed by atoms with Crippen molar-refractivity contribution in [1.29, 1.82) is 0 Å². The molecule has 0 radical (unpaired) electrons. The normalized spacial score (nSPS) is 11.8. The summed E-state index contributed by atoms with van der Waals surface area (Å²) in [7, 11) is 1.97. The molecule has 4 rings (SSSR count). The molecule has 2 aromatic heterocycles. The van der Waals surface area contributed by atoms with Crippen LogP contribution in [0, 0.1) is 0 Å². The molecule has 8 heteroatoms. The lowest BCUT2D eigenvalue weighted by Gasteiger charge is -2.19. The fourth-order valence-electron chi connectivity index (χ4n) is 3.76. The van der Waals surface area contributed by atoms with E-state index in [9.17, 15) is 9.59 Å². The third-order valence-corrected chi connectivity index (χ3v) is 5.41. The Bertz CT molecular complexity index is 1220. The standard InChI is InChI=1S/C25H26N6O2/c1-31-22-11-6-5-10-19(22)30-24(31)20(16-18-8-3-2-4-9-18)29-23(32)12-7-13-28-25(33)21-17-26-14-15-27-21/h2-6,8-11,14-15,17,20H,7,12-13,16H2,1H3,(H,28,33)(H,29,32)/t20-/m1/s1. The Morgan fingerprint density at radius 2 is 1.82 bits per heavy atom. The molecule has 33 heavy (non-hydrogen) atoms. The number of carbonyl (C=O) groups excluding carboxylic acids is 2. The van der Waals surface area contributed by atoms with Crippen LogP contribution in [0.3, 0.4) is 0 Å². The van der Waals surface area contributed by atoms with Crippen molar-refractivity contribution in [1.82, 2.24) is 30.2 Å². The Morgan fingerprint density at radius 3 is 2.58 bits per heavy atom. The number of aromatic nitrogens is 4. The Labute approximate surface area is 192 Å². The van der Waals surface area contributed by atoms with Gasteiger partial charge in [-0.2, -0.15) is 0 Å². The monoisotopic (exact) mass is 442 g/mol. The molecule has 0 unspecified atom stereocenters. The maximum absolute atomic E-state index is 12.8. The van der Waals surface area contributed by atoms with Crippen LogP contribution in [0.25, 0.3) is 11.0 Å². The summed E-state index contributed by atoms with van der Waals surface area (Å²) in [5.41, 5.74) is 3.29. The van der Waals surface area contributed by atoms with E-state index >= 15 is 0 Å². The van der Waals surface area contributed by atoms with E-state index < -0.39 is 0 Å². The minimum atomic E-state index is -0.301. The lowest BCUT2D eigenvalue weighted by Crippen LogP contribution is -2.32. The van der Waals surface area contributed by atoms with E-state index in [0.717, 1.165) is 22.4 Å². The van der Waals surface area contributed by atoms with E-state index in [-0.39, 0.29) is 30.0 Å². The number of amides is 2. The van der Waals surface area contributed by atoms with Crippen molar-refractivity contribution in [2.75, 3.05) is 6.54 Å². The van der Waals surface area contributed by atoms with E-state index in [0.29, 0.717) is 19.4 Å². The van der Waals surface area contributed by atoms with E-state index in [1.807, 2.05) is 66.2 Å². The number of benzene rings is 2. The number of hydrogen-bond acceptors (Lipinski definition) is 5. The fourth-order valence-corrected chi connectivity index (χ4v) is 3.76. The van der Waals surface area contributed by atoms with Crippen molar-refractivity contribution in [3.63, 3.8) is 0 Å². The third kappa shape index (κ3) is 5.60. The van der Waals surface area contributed by atoms with Crippen molar-refractivity contribution >= 4 is 22.8 Å². The summed E-state index contributed by atoms with van der Waals surface area (Å²) in [6.07, 6.45) is 5.82. The number of hydrogen-bond donors (Lipinski definition) is 2. The average Bonchev–Trinajstić information content (AvgIpc) is 3.19. The number of fused-ring (bicyclic) bond motifs is 1. The highest BCUT2D eigenvalue weighted by molar-refractivity contribution is 5.91. The first-order chi connectivity index (χ1) is 16.1. The van der Waals surface area contributed by atoms with Gasteiger partial charge in [-0.05, 0) is 30.5 Å². The first-order valence-electron chi connectivity index (χ1n) is 10.9. The maximum atomic E-state index is 12.8. The second-order valence-electron chi connectivity index (χ2n) is 7.78. The minimum Gasteiger partial charge on any atom is -0.351 e. The van der Waals surface area contributed by atoms with Gasteiger partial charge in [0.15, 0.2) is 0 Å². The lowest BCUT2D eigenvalue weighted by molar-refractivity contribution is -0.122. The molecule has 0 saturated heterocycles. The molecule has 0 fully saturated rings. The molecular formula is C25H26N6O2. The van der Waals surface area contributed by atoms with Crippen LogP contribution in [0.15, 0.2) is 73.2 Å². The summed E-state index contributed by atoms with van der Waals surface area (Å²) in [4.78, 5) is 37.5. The summed E-state index contributed by atoms with van der Waals surface area (Å²) >= 11 is 0. The summed E-state index contributed by atoms with van der Waals surface area (Å²) < 4.78 is 2.03. The van der Waals surface area contributed by atoms with Gasteiger partial charge >= 0.3 is 0 Å². The van der Waals surface area contributed by atoms with Crippen LogP contribution in [0.1, 0.15) is 40.8 Å². The number of carbonyl (C=O) groups is 2. The molecular weight excluding hydrogens is 416 g/mol. The molecule has 0 bridgehead atoms. The number of para-hydroxylation sites is 2. The molecule has 0 spiro atoms. The molecule has 0 aliphatic carbocycles. The molecule has 2 N–H and O–H groups in total. The topological polar surface area (TPSA) is 102 Å². The van der Waals surface area contributed by atoms with Crippen LogP contribution in [-0.2, 0) is 18.3 Å². The van der Waals surface area contributed by atoms with Crippen LogP contribution >= 0.6 is 0 Å². The smallest absolute Gasteiger partial charge is 0.271 e. The highest BCUT2D eigenvalue weighted by Gasteiger charge is 2.21. The Kier molecular flexibility index (Phi) is 7.04. The van der Waals surface area contributed by atoms with Crippen molar-refractivity contribution in [2.45, 2.75) is 25.3 Å². The molecule has 2 amide bonds. The van der Waals surface area contributed by atoms with E-state index in [4.69, 9.17) is 4.98 Å². The van der Waals surface area contributed by atoms with Gasteiger partial charge < -0.3 is 15.2 Å². The lowest BCUT2D eigenvalue weighted by atomic mass is 10.0. The predicted molar refractivity (Wildman–Crippen MR) is 125 cm³/mol. The zero-order valence-corrected chi connectivity index (χ0v) is 18.4. The quantitative estimate of drug-likeness (QED) is 0.388. The first-order valence-corrected chi connectivity index (χ1v) is 10.9. The molecule has 4 aromatic rings. The molecule has 0 aliphatic heterocycles. The van der Waals surface area contributed by atoms with Crippen LogP contribution in [-0.4, -0.2) is 37.9 Å². The second kappa shape index (κ2) is 10.5. The molecule has 0 aliphatic rings. The van der Waals surface area contributed by atoms with Crippen LogP contribution in [0.4, 0.5) is 0 Å². The van der Waals surface area contributed by atoms with Crippen molar-refractivity contribution in [3.05, 3.63) is 90.3 Å². The van der Waals surface area contributed by atoms with Gasteiger partial charge in [-0.3, -0.25) is 14.6 Å². The Morgan fingerprint density at radius 1 is 1.03 bits per heavy atom. The Hall–Kier alpha value is -4.07. The van der Waals surface area contributed by atoms with E-state index in [1.165, 1.54) is 18.6 Å². The second-order valence-corrected chi connectivity index (χ2v) is 7.78. The van der Waals surface area contributed by atoms with Gasteiger partial charge in [-0.25, -0.2) is 9.97 Å². The summed E-state index contributed by atoms with van der Waals surface area (Å²) in [6.45, 7) is 0.373. The van der Waals surface area contributed by atoms with Crippen molar-refractivity contribution in [2.24, 2.45) is 7.05 Å². The molecule has 2 heterocycles. The van der Waals surface area contributed by atoms with E-state index in [2.05, 4.69) is 20.6 Å². The van der Waals surface area contributed by atoms with E-state index in [1.54, 1.807) is 0 Å². The largest absolute Gasteiger partial charge is 0.351 e. The number of nitrogens with zero attached hydrogens (tertiary/aromatic N) is 4. The minimum absolute atomic E-state index is 0.0864. The zero-order valence-electron chi connectivity index (χ0n) is 18.4. The SMILES string of the molecule is Cn1c([C@@H](Cc2ccccc2)NC(=O)CCCNC(=O)c2cnccn2)nc2ccccc21.